The van der Waals surface area contributed by atoms with Gasteiger partial charge < -0.3 is 14.8 Å². The molecule has 0 aromatic heterocycles. The van der Waals surface area contributed by atoms with Gasteiger partial charge in [0.05, 0.1) is 18.9 Å². The summed E-state index contributed by atoms with van der Waals surface area (Å²) in [5.74, 6) is 0.797. The third-order valence-corrected chi connectivity index (χ3v) is 4.30. The van der Waals surface area contributed by atoms with E-state index in [1.165, 1.54) is 12.1 Å². The predicted octanol–water partition coefficient (Wildman–Crippen LogP) is 4.09. The molecule has 0 aliphatic heterocycles. The van der Waals surface area contributed by atoms with Crippen molar-refractivity contribution in [2.24, 2.45) is 11.3 Å². The standard InChI is InChI=1S/C17H26FNO2/c1-11(2)10-21-16-9-15(17(16,3)4)19-13-7-6-12(18)8-14(13)20-5/h6-8,11,15-16,19H,9-10H2,1-5H3. The number of benzene rings is 1. The Kier molecular flexibility index (Phi) is 4.77. The Morgan fingerprint density at radius 3 is 2.67 bits per heavy atom. The van der Waals surface area contributed by atoms with Crippen molar-refractivity contribution in [1.82, 2.24) is 0 Å². The molecule has 2 atom stereocenters. The van der Waals surface area contributed by atoms with Gasteiger partial charge in [-0.05, 0) is 24.5 Å². The second kappa shape index (κ2) is 6.22. The topological polar surface area (TPSA) is 30.5 Å². The molecule has 4 heteroatoms. The largest absolute Gasteiger partial charge is 0.494 e. The van der Waals surface area contributed by atoms with Crippen molar-refractivity contribution < 1.29 is 13.9 Å². The molecule has 1 aromatic carbocycles. The minimum Gasteiger partial charge on any atom is -0.494 e. The highest BCUT2D eigenvalue weighted by molar-refractivity contribution is 5.57. The quantitative estimate of drug-likeness (QED) is 0.857. The molecule has 0 amide bonds. The maximum absolute atomic E-state index is 13.2. The molecule has 1 saturated carbocycles. The smallest absolute Gasteiger partial charge is 0.144 e. The van der Waals surface area contributed by atoms with Crippen LogP contribution in [0.5, 0.6) is 5.75 Å². The third-order valence-electron chi connectivity index (χ3n) is 4.30. The van der Waals surface area contributed by atoms with Gasteiger partial charge in [0.1, 0.15) is 11.6 Å². The van der Waals surface area contributed by atoms with Gasteiger partial charge >= 0.3 is 0 Å². The summed E-state index contributed by atoms with van der Waals surface area (Å²) >= 11 is 0. The van der Waals surface area contributed by atoms with Crippen molar-refractivity contribution >= 4 is 5.69 Å². The molecular weight excluding hydrogens is 269 g/mol. The number of rotatable bonds is 6. The van der Waals surface area contributed by atoms with Crippen LogP contribution in [0.25, 0.3) is 0 Å². The summed E-state index contributed by atoms with van der Waals surface area (Å²) in [5, 5.41) is 3.46. The molecule has 1 N–H and O–H groups in total. The maximum Gasteiger partial charge on any atom is 0.144 e. The first-order chi connectivity index (χ1) is 9.84. The summed E-state index contributed by atoms with van der Waals surface area (Å²) in [6, 6.07) is 4.88. The van der Waals surface area contributed by atoms with Gasteiger partial charge in [-0.2, -0.15) is 0 Å². The minimum absolute atomic E-state index is 0.0499. The van der Waals surface area contributed by atoms with Crippen LogP contribution in [0.1, 0.15) is 34.1 Å². The molecule has 0 bridgehead atoms. The van der Waals surface area contributed by atoms with E-state index >= 15 is 0 Å². The molecule has 2 unspecified atom stereocenters. The molecule has 0 radical (unpaired) electrons. The first-order valence-corrected chi connectivity index (χ1v) is 7.56. The Hall–Kier alpha value is -1.29. The van der Waals surface area contributed by atoms with E-state index in [1.807, 2.05) is 0 Å². The van der Waals surface area contributed by atoms with Crippen LogP contribution in [0.2, 0.25) is 0 Å². The second-order valence-corrected chi connectivity index (χ2v) is 6.81. The van der Waals surface area contributed by atoms with Gasteiger partial charge in [-0.15, -0.1) is 0 Å². The molecule has 3 nitrogen and oxygen atoms in total. The molecular formula is C17H26FNO2. The summed E-state index contributed by atoms with van der Waals surface area (Å²) in [7, 11) is 1.56. The normalized spacial score (nSPS) is 23.8. The molecule has 1 aromatic rings. The van der Waals surface area contributed by atoms with Gasteiger partial charge in [0.25, 0.3) is 0 Å². The van der Waals surface area contributed by atoms with Crippen molar-refractivity contribution in [2.75, 3.05) is 19.0 Å². The minimum atomic E-state index is -0.289. The van der Waals surface area contributed by atoms with Gasteiger partial charge in [0.15, 0.2) is 0 Å². The monoisotopic (exact) mass is 295 g/mol. The molecule has 1 aliphatic carbocycles. The Morgan fingerprint density at radius 2 is 2.10 bits per heavy atom. The molecule has 0 saturated heterocycles. The average Bonchev–Trinajstić information content (AvgIpc) is 2.42. The van der Waals surface area contributed by atoms with E-state index in [-0.39, 0.29) is 17.3 Å². The molecule has 0 heterocycles. The third kappa shape index (κ3) is 3.49. The second-order valence-electron chi connectivity index (χ2n) is 6.81. The summed E-state index contributed by atoms with van der Waals surface area (Å²) < 4.78 is 24.4. The molecule has 1 aliphatic rings. The van der Waals surface area contributed by atoms with E-state index in [2.05, 4.69) is 33.0 Å². The first kappa shape index (κ1) is 16.1. The van der Waals surface area contributed by atoms with Crippen LogP contribution in [0.3, 0.4) is 0 Å². The lowest BCUT2D eigenvalue weighted by molar-refractivity contribution is -0.108. The van der Waals surface area contributed by atoms with Crippen LogP contribution in [0, 0.1) is 17.2 Å². The molecule has 1 fully saturated rings. The van der Waals surface area contributed by atoms with Crippen LogP contribution < -0.4 is 10.1 Å². The van der Waals surface area contributed by atoms with Crippen molar-refractivity contribution in [3.63, 3.8) is 0 Å². The van der Waals surface area contributed by atoms with Gasteiger partial charge in [0, 0.05) is 24.1 Å². The number of ether oxygens (including phenoxy) is 2. The van der Waals surface area contributed by atoms with Crippen LogP contribution in [0.15, 0.2) is 18.2 Å². The summed E-state index contributed by atoms with van der Waals surface area (Å²) in [6.07, 6.45) is 1.23. The van der Waals surface area contributed by atoms with E-state index in [9.17, 15) is 4.39 Å². The molecule has 118 valence electrons. The van der Waals surface area contributed by atoms with Crippen LogP contribution >= 0.6 is 0 Å². The van der Waals surface area contributed by atoms with E-state index in [0.29, 0.717) is 17.7 Å². The van der Waals surface area contributed by atoms with E-state index < -0.39 is 0 Å². The first-order valence-electron chi connectivity index (χ1n) is 7.56. The highest BCUT2D eigenvalue weighted by Gasteiger charge is 2.49. The maximum atomic E-state index is 13.2. The van der Waals surface area contributed by atoms with Crippen molar-refractivity contribution in [1.29, 1.82) is 0 Å². The predicted molar refractivity (Wildman–Crippen MR) is 83.3 cm³/mol. The Bertz CT molecular complexity index is 488. The number of hydrogen-bond acceptors (Lipinski definition) is 3. The van der Waals surface area contributed by atoms with Gasteiger partial charge in [-0.25, -0.2) is 4.39 Å². The van der Waals surface area contributed by atoms with Crippen LogP contribution in [0.4, 0.5) is 10.1 Å². The number of hydrogen-bond donors (Lipinski definition) is 1. The number of anilines is 1. The lowest BCUT2D eigenvalue weighted by Crippen LogP contribution is -2.58. The Balaban J connectivity index is 1.99. The molecule has 2 rings (SSSR count). The Labute approximate surface area is 126 Å². The molecule has 21 heavy (non-hydrogen) atoms. The van der Waals surface area contributed by atoms with E-state index in [1.54, 1.807) is 13.2 Å². The molecule has 0 spiro atoms. The summed E-state index contributed by atoms with van der Waals surface area (Å²) in [6.45, 7) is 9.51. The summed E-state index contributed by atoms with van der Waals surface area (Å²) in [4.78, 5) is 0. The van der Waals surface area contributed by atoms with Crippen molar-refractivity contribution in [3.05, 3.63) is 24.0 Å². The lowest BCUT2D eigenvalue weighted by atomic mass is 9.64. The fraction of sp³-hybridized carbons (Fsp3) is 0.647. The highest BCUT2D eigenvalue weighted by atomic mass is 19.1. The number of nitrogens with one attached hydrogen (secondary N) is 1. The van der Waals surface area contributed by atoms with E-state index in [0.717, 1.165) is 18.7 Å². The Morgan fingerprint density at radius 1 is 1.38 bits per heavy atom. The zero-order chi connectivity index (χ0) is 15.6. The number of halogens is 1. The van der Waals surface area contributed by atoms with Crippen molar-refractivity contribution in [2.45, 2.75) is 46.3 Å². The van der Waals surface area contributed by atoms with Crippen LogP contribution in [-0.4, -0.2) is 25.9 Å². The SMILES string of the molecule is COc1cc(F)ccc1NC1CC(OCC(C)C)C1(C)C. The zero-order valence-corrected chi connectivity index (χ0v) is 13.6. The van der Waals surface area contributed by atoms with Gasteiger partial charge in [-0.3, -0.25) is 0 Å². The van der Waals surface area contributed by atoms with Gasteiger partial charge in [-0.1, -0.05) is 27.7 Å². The fourth-order valence-electron chi connectivity index (χ4n) is 2.69. The lowest BCUT2D eigenvalue weighted by Gasteiger charge is -2.52. The van der Waals surface area contributed by atoms with Crippen molar-refractivity contribution in [3.8, 4) is 5.75 Å². The summed E-state index contributed by atoms with van der Waals surface area (Å²) in [5.41, 5.74) is 0.883. The highest BCUT2D eigenvalue weighted by Crippen LogP contribution is 2.45. The zero-order valence-electron chi connectivity index (χ0n) is 13.6. The van der Waals surface area contributed by atoms with Crippen LogP contribution in [-0.2, 0) is 4.74 Å². The fourth-order valence-corrected chi connectivity index (χ4v) is 2.69. The van der Waals surface area contributed by atoms with Gasteiger partial charge in [0.2, 0.25) is 0 Å². The average molecular weight is 295 g/mol. The number of methoxy groups -OCH3 is 1. The van der Waals surface area contributed by atoms with E-state index in [4.69, 9.17) is 9.47 Å².